The topological polar surface area (TPSA) is 77.3 Å². The Morgan fingerprint density at radius 2 is 2.00 bits per heavy atom. The molecule has 2 heterocycles. The summed E-state index contributed by atoms with van der Waals surface area (Å²) in [4.78, 5) is 26.8. The lowest BCUT2D eigenvalue weighted by Crippen LogP contribution is -2.49. The van der Waals surface area contributed by atoms with Crippen molar-refractivity contribution in [3.05, 3.63) is 35.2 Å². The number of ether oxygens (including phenoxy) is 1. The van der Waals surface area contributed by atoms with Crippen LogP contribution in [0.5, 0.6) is 0 Å². The van der Waals surface area contributed by atoms with Gasteiger partial charge in [-0.2, -0.15) is 0 Å². The molecule has 1 aromatic carbocycles. The van der Waals surface area contributed by atoms with Crippen LogP contribution in [0.15, 0.2) is 23.4 Å². The van der Waals surface area contributed by atoms with E-state index in [0.717, 1.165) is 35.5 Å². The summed E-state index contributed by atoms with van der Waals surface area (Å²) in [5, 5.41) is 9.17. The third-order valence-electron chi connectivity index (χ3n) is 5.11. The summed E-state index contributed by atoms with van der Waals surface area (Å²) in [5.41, 5.74) is 3.28. The van der Waals surface area contributed by atoms with Crippen molar-refractivity contribution in [2.75, 3.05) is 18.9 Å². The number of benzene rings is 1. The Labute approximate surface area is 175 Å². The lowest BCUT2D eigenvalue weighted by molar-refractivity contribution is -0.155. The van der Waals surface area contributed by atoms with Gasteiger partial charge < -0.3 is 9.64 Å². The number of amides is 1. The average molecular weight is 417 g/mol. The van der Waals surface area contributed by atoms with Crippen LogP contribution in [-0.2, 0) is 14.3 Å². The van der Waals surface area contributed by atoms with Gasteiger partial charge in [-0.25, -0.2) is 4.79 Å². The third-order valence-corrected chi connectivity index (χ3v) is 6.02. The van der Waals surface area contributed by atoms with Gasteiger partial charge in [0.2, 0.25) is 5.91 Å². The van der Waals surface area contributed by atoms with Crippen molar-refractivity contribution in [2.24, 2.45) is 0 Å². The van der Waals surface area contributed by atoms with Gasteiger partial charge in [-0.05, 0) is 64.2 Å². The first-order valence-electron chi connectivity index (χ1n) is 10.0. The maximum absolute atomic E-state index is 12.9. The predicted octanol–water partition coefficient (Wildman–Crippen LogP) is 3.23. The van der Waals surface area contributed by atoms with Gasteiger partial charge in [-0.15, -0.1) is 10.2 Å². The van der Waals surface area contributed by atoms with Gasteiger partial charge in [0.05, 0.1) is 18.0 Å². The number of hydrogen-bond donors (Lipinski definition) is 0. The molecular formula is C21H28N4O3S. The number of aromatic nitrogens is 3. The molecule has 7 nitrogen and oxygen atoms in total. The molecule has 1 unspecified atom stereocenters. The lowest BCUT2D eigenvalue weighted by Gasteiger charge is -2.33. The van der Waals surface area contributed by atoms with Crippen molar-refractivity contribution in [1.29, 1.82) is 0 Å². The maximum atomic E-state index is 12.9. The van der Waals surface area contributed by atoms with E-state index in [9.17, 15) is 9.59 Å². The predicted molar refractivity (Wildman–Crippen MR) is 112 cm³/mol. The molecule has 1 amide bonds. The second kappa shape index (κ2) is 9.43. The smallest absolute Gasteiger partial charge is 0.328 e. The zero-order valence-electron chi connectivity index (χ0n) is 17.5. The number of carbonyl (C=O) groups is 2. The molecule has 2 aromatic rings. The normalized spacial score (nSPS) is 16.7. The third kappa shape index (κ3) is 4.80. The van der Waals surface area contributed by atoms with Crippen LogP contribution < -0.4 is 0 Å². The molecule has 1 aliphatic rings. The summed E-state index contributed by atoms with van der Waals surface area (Å²) < 4.78 is 7.15. The minimum absolute atomic E-state index is 0.0686. The molecule has 0 N–H and O–H groups in total. The first-order chi connectivity index (χ1) is 13.9. The first-order valence-corrected chi connectivity index (χ1v) is 11.0. The highest BCUT2D eigenvalue weighted by Crippen LogP contribution is 2.26. The molecule has 156 valence electrons. The van der Waals surface area contributed by atoms with Gasteiger partial charge >= 0.3 is 5.97 Å². The number of rotatable bonds is 6. The molecule has 0 saturated carbocycles. The fraction of sp³-hybridized carbons (Fsp3) is 0.524. The van der Waals surface area contributed by atoms with E-state index >= 15 is 0 Å². The summed E-state index contributed by atoms with van der Waals surface area (Å²) in [7, 11) is 0. The summed E-state index contributed by atoms with van der Waals surface area (Å²) in [6, 6.07) is 5.76. The monoisotopic (exact) mass is 416 g/mol. The van der Waals surface area contributed by atoms with Crippen molar-refractivity contribution in [1.82, 2.24) is 19.7 Å². The highest BCUT2D eigenvalue weighted by Gasteiger charge is 2.33. The Bertz CT molecular complexity index is 896. The molecule has 0 radical (unpaired) electrons. The second-order valence-electron chi connectivity index (χ2n) is 7.29. The van der Waals surface area contributed by atoms with Gasteiger partial charge in [0.25, 0.3) is 0 Å². The van der Waals surface area contributed by atoms with Gasteiger partial charge in [0.1, 0.15) is 11.9 Å². The highest BCUT2D eigenvalue weighted by atomic mass is 32.2. The van der Waals surface area contributed by atoms with Crippen molar-refractivity contribution in [3.8, 4) is 5.69 Å². The Kier molecular flexibility index (Phi) is 6.95. The minimum Gasteiger partial charge on any atom is -0.464 e. The van der Waals surface area contributed by atoms with Gasteiger partial charge in [-0.1, -0.05) is 23.9 Å². The lowest BCUT2D eigenvalue weighted by atomic mass is 10.0. The van der Waals surface area contributed by atoms with Crippen LogP contribution in [0.4, 0.5) is 0 Å². The standard InChI is InChI=1S/C21H28N4O3S/c1-5-28-20(27)17-8-6-7-11-24(17)19(26)13-29-21-23-22-16(4)25(21)18-12-14(2)9-10-15(18)3/h9-10,12,17H,5-8,11,13H2,1-4H3. The number of likely N-dealkylation sites (tertiary alicyclic amines) is 1. The van der Waals surface area contributed by atoms with Crippen LogP contribution in [0.1, 0.15) is 43.1 Å². The van der Waals surface area contributed by atoms with E-state index in [0.29, 0.717) is 24.7 Å². The molecule has 1 fully saturated rings. The van der Waals surface area contributed by atoms with Crippen LogP contribution >= 0.6 is 11.8 Å². The SMILES string of the molecule is CCOC(=O)C1CCCCN1C(=O)CSc1nnc(C)n1-c1cc(C)ccc1C. The fourth-order valence-electron chi connectivity index (χ4n) is 3.60. The Hall–Kier alpha value is -2.35. The number of piperidine rings is 1. The number of aryl methyl sites for hydroxylation is 3. The summed E-state index contributed by atoms with van der Waals surface area (Å²) in [6.07, 6.45) is 2.50. The van der Waals surface area contributed by atoms with Crippen LogP contribution in [-0.4, -0.2) is 56.5 Å². The molecule has 0 spiro atoms. The van der Waals surface area contributed by atoms with Crippen molar-refractivity contribution < 1.29 is 14.3 Å². The van der Waals surface area contributed by atoms with Crippen LogP contribution in [0, 0.1) is 20.8 Å². The van der Waals surface area contributed by atoms with E-state index in [-0.39, 0.29) is 17.6 Å². The molecule has 29 heavy (non-hydrogen) atoms. The van der Waals surface area contributed by atoms with E-state index in [2.05, 4.69) is 28.4 Å². The number of carbonyl (C=O) groups excluding carboxylic acids is 2. The van der Waals surface area contributed by atoms with E-state index in [4.69, 9.17) is 4.74 Å². The van der Waals surface area contributed by atoms with Crippen molar-refractivity contribution in [2.45, 2.75) is 58.2 Å². The minimum atomic E-state index is -0.476. The molecule has 1 atom stereocenters. The van der Waals surface area contributed by atoms with Crippen LogP contribution in [0.25, 0.3) is 5.69 Å². The second-order valence-corrected chi connectivity index (χ2v) is 8.24. The quantitative estimate of drug-likeness (QED) is 0.531. The van der Waals surface area contributed by atoms with E-state index in [1.807, 2.05) is 25.3 Å². The fourth-order valence-corrected chi connectivity index (χ4v) is 4.47. The number of nitrogens with zero attached hydrogens (tertiary/aromatic N) is 4. The molecular weight excluding hydrogens is 388 g/mol. The molecule has 8 heteroatoms. The van der Waals surface area contributed by atoms with Crippen LogP contribution in [0.2, 0.25) is 0 Å². The summed E-state index contributed by atoms with van der Waals surface area (Å²) in [5.74, 6) is 0.607. The first kappa shape index (κ1) is 21.4. The molecule has 1 aliphatic heterocycles. The van der Waals surface area contributed by atoms with E-state index < -0.39 is 6.04 Å². The summed E-state index contributed by atoms with van der Waals surface area (Å²) >= 11 is 1.35. The van der Waals surface area contributed by atoms with E-state index in [1.165, 1.54) is 11.8 Å². The Balaban J connectivity index is 1.75. The Morgan fingerprint density at radius 1 is 1.21 bits per heavy atom. The molecule has 1 saturated heterocycles. The van der Waals surface area contributed by atoms with Crippen LogP contribution in [0.3, 0.4) is 0 Å². The van der Waals surface area contributed by atoms with Crippen molar-refractivity contribution in [3.63, 3.8) is 0 Å². The molecule has 1 aromatic heterocycles. The van der Waals surface area contributed by atoms with Crippen molar-refractivity contribution >= 4 is 23.6 Å². The largest absolute Gasteiger partial charge is 0.464 e. The van der Waals surface area contributed by atoms with Gasteiger partial charge in [0, 0.05) is 6.54 Å². The zero-order valence-corrected chi connectivity index (χ0v) is 18.3. The molecule has 3 rings (SSSR count). The zero-order chi connectivity index (χ0) is 21.0. The highest BCUT2D eigenvalue weighted by molar-refractivity contribution is 7.99. The van der Waals surface area contributed by atoms with E-state index in [1.54, 1.807) is 11.8 Å². The number of esters is 1. The van der Waals surface area contributed by atoms with Gasteiger partial charge in [-0.3, -0.25) is 9.36 Å². The number of thioether (sulfide) groups is 1. The number of hydrogen-bond acceptors (Lipinski definition) is 6. The Morgan fingerprint density at radius 3 is 2.76 bits per heavy atom. The average Bonchev–Trinajstić information content (AvgIpc) is 3.08. The molecule has 0 aliphatic carbocycles. The van der Waals surface area contributed by atoms with Gasteiger partial charge in [0.15, 0.2) is 5.16 Å². The molecule has 0 bridgehead atoms. The summed E-state index contributed by atoms with van der Waals surface area (Å²) in [6.45, 7) is 8.69. The maximum Gasteiger partial charge on any atom is 0.328 e.